The van der Waals surface area contributed by atoms with Crippen molar-refractivity contribution >= 4 is 17.0 Å². The predicted molar refractivity (Wildman–Crippen MR) is 94.9 cm³/mol. The molecule has 2 N–H and O–H groups in total. The predicted octanol–water partition coefficient (Wildman–Crippen LogP) is 3.50. The highest BCUT2D eigenvalue weighted by Gasteiger charge is 2.20. The smallest absolute Gasteiger partial charge is 0.263 e. The SMILES string of the molecule is CC(C)CCCC(C)Nc1nc2c(cnn2C(C)(C)C)c(=O)[nH]1. The van der Waals surface area contributed by atoms with Crippen LogP contribution in [0.2, 0.25) is 0 Å². The van der Waals surface area contributed by atoms with Crippen molar-refractivity contribution in [1.29, 1.82) is 0 Å². The Morgan fingerprint density at radius 2 is 1.96 bits per heavy atom. The summed E-state index contributed by atoms with van der Waals surface area (Å²) in [5.74, 6) is 1.24. The standard InChI is InChI=1S/C17H29N5O/c1-11(2)8-7-9-12(3)19-16-20-14-13(15(23)21-16)10-18-22(14)17(4,5)6/h10-12H,7-9H2,1-6H3,(H2,19,20,21,23). The zero-order valence-electron chi connectivity index (χ0n) is 15.1. The molecule has 2 aromatic heterocycles. The van der Waals surface area contributed by atoms with Gasteiger partial charge in [0.1, 0.15) is 5.39 Å². The first-order chi connectivity index (χ1) is 10.7. The molecule has 0 aromatic carbocycles. The van der Waals surface area contributed by atoms with Gasteiger partial charge in [-0.25, -0.2) is 4.68 Å². The molecular formula is C17H29N5O. The molecule has 0 aliphatic heterocycles. The molecule has 6 nitrogen and oxygen atoms in total. The fourth-order valence-corrected chi connectivity index (χ4v) is 2.62. The van der Waals surface area contributed by atoms with Gasteiger partial charge in [0, 0.05) is 6.04 Å². The minimum Gasteiger partial charge on any atom is -0.353 e. The van der Waals surface area contributed by atoms with Gasteiger partial charge in [0.2, 0.25) is 5.95 Å². The number of hydrogen-bond acceptors (Lipinski definition) is 4. The lowest BCUT2D eigenvalue weighted by atomic mass is 10.0. The zero-order chi connectivity index (χ0) is 17.2. The summed E-state index contributed by atoms with van der Waals surface area (Å²) >= 11 is 0. The highest BCUT2D eigenvalue weighted by Crippen LogP contribution is 2.19. The van der Waals surface area contributed by atoms with Crippen LogP contribution in [0.15, 0.2) is 11.0 Å². The average Bonchev–Trinajstić information content (AvgIpc) is 2.82. The molecule has 0 amide bonds. The van der Waals surface area contributed by atoms with E-state index in [-0.39, 0.29) is 17.1 Å². The third-order valence-corrected chi connectivity index (χ3v) is 3.88. The van der Waals surface area contributed by atoms with E-state index in [9.17, 15) is 4.79 Å². The highest BCUT2D eigenvalue weighted by atomic mass is 16.1. The molecule has 0 saturated carbocycles. The summed E-state index contributed by atoms with van der Waals surface area (Å²) in [7, 11) is 0. The Morgan fingerprint density at radius 3 is 2.57 bits per heavy atom. The van der Waals surface area contributed by atoms with Gasteiger partial charge < -0.3 is 5.32 Å². The zero-order valence-corrected chi connectivity index (χ0v) is 15.1. The third kappa shape index (κ3) is 4.33. The molecule has 0 saturated heterocycles. The summed E-state index contributed by atoms with van der Waals surface area (Å²) < 4.78 is 1.80. The molecule has 128 valence electrons. The van der Waals surface area contributed by atoms with Crippen molar-refractivity contribution in [2.75, 3.05) is 5.32 Å². The first-order valence-electron chi connectivity index (χ1n) is 8.43. The molecular weight excluding hydrogens is 290 g/mol. The Balaban J connectivity index is 2.20. The molecule has 1 atom stereocenters. The van der Waals surface area contributed by atoms with Crippen LogP contribution in [0.3, 0.4) is 0 Å². The van der Waals surface area contributed by atoms with Crippen LogP contribution in [-0.4, -0.2) is 25.8 Å². The Labute approximate surface area is 137 Å². The van der Waals surface area contributed by atoms with Crippen molar-refractivity contribution < 1.29 is 0 Å². The number of fused-ring (bicyclic) bond motifs is 1. The van der Waals surface area contributed by atoms with Gasteiger partial charge in [-0.3, -0.25) is 9.78 Å². The second kappa shape index (κ2) is 6.72. The molecule has 6 heteroatoms. The second-order valence-electron chi connectivity index (χ2n) is 7.75. The van der Waals surface area contributed by atoms with Gasteiger partial charge in [-0.15, -0.1) is 0 Å². The molecule has 2 heterocycles. The molecule has 0 radical (unpaired) electrons. The third-order valence-electron chi connectivity index (χ3n) is 3.88. The number of rotatable bonds is 6. The van der Waals surface area contributed by atoms with E-state index >= 15 is 0 Å². The molecule has 0 bridgehead atoms. The first-order valence-corrected chi connectivity index (χ1v) is 8.43. The lowest BCUT2D eigenvalue weighted by Gasteiger charge is -2.20. The molecule has 0 aliphatic carbocycles. The quantitative estimate of drug-likeness (QED) is 0.854. The minimum absolute atomic E-state index is 0.151. The molecule has 0 aliphatic rings. The summed E-state index contributed by atoms with van der Waals surface area (Å²) in [5.41, 5.74) is 0.253. The van der Waals surface area contributed by atoms with E-state index in [0.717, 1.165) is 18.8 Å². The van der Waals surface area contributed by atoms with Crippen LogP contribution < -0.4 is 10.9 Å². The fraction of sp³-hybridized carbons (Fsp3) is 0.706. The van der Waals surface area contributed by atoms with Gasteiger partial charge in [-0.05, 0) is 40.0 Å². The van der Waals surface area contributed by atoms with E-state index in [1.54, 1.807) is 10.9 Å². The van der Waals surface area contributed by atoms with Crippen LogP contribution in [0, 0.1) is 5.92 Å². The van der Waals surface area contributed by atoms with E-state index in [4.69, 9.17) is 0 Å². The van der Waals surface area contributed by atoms with Crippen LogP contribution in [0.25, 0.3) is 11.0 Å². The van der Waals surface area contributed by atoms with Gasteiger partial charge >= 0.3 is 0 Å². The maximum Gasteiger partial charge on any atom is 0.263 e. The van der Waals surface area contributed by atoms with E-state index in [0.29, 0.717) is 17.0 Å². The van der Waals surface area contributed by atoms with Crippen LogP contribution in [0.1, 0.15) is 60.8 Å². The van der Waals surface area contributed by atoms with Crippen LogP contribution in [0.4, 0.5) is 5.95 Å². The number of nitrogens with one attached hydrogen (secondary N) is 2. The number of aromatic amines is 1. The van der Waals surface area contributed by atoms with E-state index < -0.39 is 0 Å². The van der Waals surface area contributed by atoms with Crippen molar-refractivity contribution in [1.82, 2.24) is 19.7 Å². The maximum atomic E-state index is 12.2. The molecule has 23 heavy (non-hydrogen) atoms. The maximum absolute atomic E-state index is 12.2. The highest BCUT2D eigenvalue weighted by molar-refractivity contribution is 5.74. The monoisotopic (exact) mass is 319 g/mol. The Kier molecular flexibility index (Phi) is 5.12. The van der Waals surface area contributed by atoms with Crippen LogP contribution >= 0.6 is 0 Å². The summed E-state index contributed by atoms with van der Waals surface area (Å²) in [6.45, 7) is 12.7. The van der Waals surface area contributed by atoms with Crippen molar-refractivity contribution in [2.24, 2.45) is 5.92 Å². The molecule has 0 fully saturated rings. The van der Waals surface area contributed by atoms with Gasteiger partial charge in [0.25, 0.3) is 5.56 Å². The number of nitrogens with zero attached hydrogens (tertiary/aromatic N) is 3. The Hall–Kier alpha value is -1.85. The molecule has 0 spiro atoms. The van der Waals surface area contributed by atoms with Crippen LogP contribution in [0.5, 0.6) is 0 Å². The average molecular weight is 319 g/mol. The summed E-state index contributed by atoms with van der Waals surface area (Å²) in [6.07, 6.45) is 5.02. The summed E-state index contributed by atoms with van der Waals surface area (Å²) in [4.78, 5) is 19.6. The van der Waals surface area contributed by atoms with Crippen molar-refractivity contribution in [2.45, 2.75) is 72.4 Å². The minimum atomic E-state index is -0.220. The van der Waals surface area contributed by atoms with E-state index in [1.165, 1.54) is 6.42 Å². The molecule has 2 rings (SSSR count). The topological polar surface area (TPSA) is 75.6 Å². The Bertz CT molecular complexity index is 708. The number of anilines is 1. The van der Waals surface area contributed by atoms with Crippen molar-refractivity contribution in [3.8, 4) is 0 Å². The first kappa shape index (κ1) is 17.5. The Morgan fingerprint density at radius 1 is 1.26 bits per heavy atom. The lowest BCUT2D eigenvalue weighted by molar-refractivity contribution is 0.366. The van der Waals surface area contributed by atoms with Crippen LogP contribution in [-0.2, 0) is 5.54 Å². The molecule has 2 aromatic rings. The van der Waals surface area contributed by atoms with Crippen molar-refractivity contribution in [3.05, 3.63) is 16.6 Å². The summed E-state index contributed by atoms with van der Waals surface area (Å²) in [5, 5.41) is 8.16. The van der Waals surface area contributed by atoms with Gasteiger partial charge in [-0.1, -0.05) is 26.7 Å². The normalized spacial score (nSPS) is 13.7. The lowest BCUT2D eigenvalue weighted by Crippen LogP contribution is -2.25. The van der Waals surface area contributed by atoms with Gasteiger partial charge in [0.15, 0.2) is 5.65 Å². The number of H-pyrrole nitrogens is 1. The largest absolute Gasteiger partial charge is 0.353 e. The van der Waals surface area contributed by atoms with Gasteiger partial charge in [-0.2, -0.15) is 10.1 Å². The summed E-state index contributed by atoms with van der Waals surface area (Å²) in [6, 6.07) is 0.264. The number of hydrogen-bond donors (Lipinski definition) is 2. The fourth-order valence-electron chi connectivity index (χ4n) is 2.62. The molecule has 1 unspecified atom stereocenters. The van der Waals surface area contributed by atoms with E-state index in [1.807, 2.05) is 20.8 Å². The van der Waals surface area contributed by atoms with Crippen molar-refractivity contribution in [3.63, 3.8) is 0 Å². The number of aromatic nitrogens is 4. The van der Waals surface area contributed by atoms with Gasteiger partial charge in [0.05, 0.1) is 11.7 Å². The second-order valence-corrected chi connectivity index (χ2v) is 7.75. The van der Waals surface area contributed by atoms with E-state index in [2.05, 4.69) is 41.2 Å².